The number of pyridine rings is 1. The molecule has 1 N–H and O–H groups in total. The molecule has 4 rings (SSSR count). The highest BCUT2D eigenvalue weighted by molar-refractivity contribution is 5.89. The van der Waals surface area contributed by atoms with Crippen LogP contribution in [0.5, 0.6) is 0 Å². The quantitative estimate of drug-likeness (QED) is 0.860. The molecule has 1 aromatic carbocycles. The van der Waals surface area contributed by atoms with Crippen LogP contribution in [0.4, 0.5) is 22.9 Å². The van der Waals surface area contributed by atoms with E-state index in [2.05, 4.69) is 41.2 Å². The van der Waals surface area contributed by atoms with Crippen LogP contribution in [0.1, 0.15) is 19.4 Å². The molecule has 136 valence electrons. The Morgan fingerprint density at radius 2 is 2.23 bits per heavy atom. The number of ether oxygens (including phenoxy) is 1. The second-order valence-corrected chi connectivity index (χ2v) is 7.15. The van der Waals surface area contributed by atoms with Crippen molar-refractivity contribution in [2.45, 2.75) is 26.4 Å². The van der Waals surface area contributed by atoms with Crippen molar-refractivity contribution < 1.29 is 9.53 Å². The van der Waals surface area contributed by atoms with Gasteiger partial charge in [-0.3, -0.25) is 4.79 Å². The number of aromatic nitrogens is 1. The smallest absolute Gasteiger partial charge is 0.214 e. The fraction of sp³-hybridized carbons (Fsp3) is 0.400. The van der Waals surface area contributed by atoms with Gasteiger partial charge in [0.15, 0.2) is 0 Å². The molecule has 0 spiro atoms. The summed E-state index contributed by atoms with van der Waals surface area (Å²) in [6, 6.07) is 10.5. The average Bonchev–Trinajstić information content (AvgIpc) is 2.83. The summed E-state index contributed by atoms with van der Waals surface area (Å²) in [5, 5.41) is 3.38. The van der Waals surface area contributed by atoms with Crippen LogP contribution in [0.2, 0.25) is 0 Å². The Hall–Kier alpha value is -2.60. The molecule has 2 aromatic rings. The van der Waals surface area contributed by atoms with E-state index in [0.717, 1.165) is 54.6 Å². The van der Waals surface area contributed by atoms with Crippen LogP contribution in [0, 0.1) is 5.92 Å². The summed E-state index contributed by atoms with van der Waals surface area (Å²) in [4.78, 5) is 20.3. The monoisotopic (exact) mass is 352 g/mol. The molecule has 2 aliphatic heterocycles. The predicted octanol–water partition coefficient (Wildman–Crippen LogP) is 3.16. The van der Waals surface area contributed by atoms with Crippen LogP contribution in [-0.4, -0.2) is 37.2 Å². The fourth-order valence-corrected chi connectivity index (χ4v) is 3.71. The van der Waals surface area contributed by atoms with Gasteiger partial charge in [-0.2, -0.15) is 0 Å². The van der Waals surface area contributed by atoms with Gasteiger partial charge in [0.05, 0.1) is 37.2 Å². The lowest BCUT2D eigenvalue weighted by Gasteiger charge is -2.40. The van der Waals surface area contributed by atoms with E-state index in [1.165, 1.54) is 0 Å². The summed E-state index contributed by atoms with van der Waals surface area (Å²) < 4.78 is 5.68. The third-order valence-electron chi connectivity index (χ3n) is 5.17. The Bertz CT molecular complexity index is 808. The topological polar surface area (TPSA) is 57.7 Å². The van der Waals surface area contributed by atoms with Crippen molar-refractivity contribution in [2.75, 3.05) is 34.9 Å². The van der Waals surface area contributed by atoms with Gasteiger partial charge in [0.1, 0.15) is 5.82 Å². The van der Waals surface area contributed by atoms with Crippen LogP contribution in [0.3, 0.4) is 0 Å². The summed E-state index contributed by atoms with van der Waals surface area (Å²) in [6.07, 6.45) is 2.66. The van der Waals surface area contributed by atoms with Crippen molar-refractivity contribution in [1.82, 2.24) is 4.98 Å². The first-order chi connectivity index (χ1) is 12.7. The molecule has 3 heterocycles. The Kier molecular flexibility index (Phi) is 4.51. The predicted molar refractivity (Wildman–Crippen MR) is 103 cm³/mol. The molecular formula is C20H24N4O2. The summed E-state index contributed by atoms with van der Waals surface area (Å²) in [5.41, 5.74) is 3.90. The number of amides is 1. The fourth-order valence-electron chi connectivity index (χ4n) is 3.71. The number of benzene rings is 1. The Morgan fingerprint density at radius 1 is 1.35 bits per heavy atom. The van der Waals surface area contributed by atoms with E-state index < -0.39 is 0 Å². The van der Waals surface area contributed by atoms with Crippen molar-refractivity contribution >= 4 is 29.3 Å². The molecule has 1 unspecified atom stereocenters. The number of fused-ring (bicyclic) bond motifs is 2. The molecule has 0 bridgehead atoms. The minimum Gasteiger partial charge on any atom is -0.377 e. The summed E-state index contributed by atoms with van der Waals surface area (Å²) in [6.45, 7) is 7.27. The first-order valence-corrected chi connectivity index (χ1v) is 9.08. The molecule has 26 heavy (non-hydrogen) atoms. The van der Waals surface area contributed by atoms with Crippen LogP contribution in [0.15, 0.2) is 36.5 Å². The second kappa shape index (κ2) is 6.96. The van der Waals surface area contributed by atoms with E-state index in [0.29, 0.717) is 18.5 Å². The number of hydrogen-bond donors (Lipinski definition) is 1. The minimum atomic E-state index is 0.337. The van der Waals surface area contributed by atoms with Gasteiger partial charge < -0.3 is 19.9 Å². The summed E-state index contributed by atoms with van der Waals surface area (Å²) in [7, 11) is 0. The van der Waals surface area contributed by atoms with E-state index in [4.69, 9.17) is 4.74 Å². The molecule has 6 heteroatoms. The Balaban J connectivity index is 1.73. The van der Waals surface area contributed by atoms with Crippen molar-refractivity contribution in [3.05, 3.63) is 42.1 Å². The molecule has 1 atom stereocenters. The van der Waals surface area contributed by atoms with Gasteiger partial charge >= 0.3 is 0 Å². The SMILES string of the molecule is CC(C)C1COCCN1c1ccc2c(c1)N(C=O)Cc1cccnc1N2. The maximum atomic E-state index is 11.8. The van der Waals surface area contributed by atoms with Crippen molar-refractivity contribution in [1.29, 1.82) is 0 Å². The summed E-state index contributed by atoms with van der Waals surface area (Å²) in [5.74, 6) is 1.29. The molecule has 1 fully saturated rings. The van der Waals surface area contributed by atoms with E-state index in [1.807, 2.05) is 18.2 Å². The van der Waals surface area contributed by atoms with Gasteiger partial charge in [-0.15, -0.1) is 0 Å². The number of rotatable bonds is 3. The zero-order valence-electron chi connectivity index (χ0n) is 15.2. The summed E-state index contributed by atoms with van der Waals surface area (Å²) >= 11 is 0. The Morgan fingerprint density at radius 3 is 3.04 bits per heavy atom. The van der Waals surface area contributed by atoms with Crippen LogP contribution in [0.25, 0.3) is 0 Å². The van der Waals surface area contributed by atoms with Gasteiger partial charge in [-0.25, -0.2) is 4.98 Å². The molecule has 2 aliphatic rings. The first kappa shape index (κ1) is 16.8. The van der Waals surface area contributed by atoms with Gasteiger partial charge in [-0.05, 0) is 30.2 Å². The third-order valence-corrected chi connectivity index (χ3v) is 5.17. The molecule has 1 amide bonds. The van der Waals surface area contributed by atoms with Gasteiger partial charge in [0.25, 0.3) is 0 Å². The first-order valence-electron chi connectivity index (χ1n) is 9.08. The number of anilines is 4. The zero-order chi connectivity index (χ0) is 18.1. The number of nitrogens with one attached hydrogen (secondary N) is 1. The number of carbonyl (C=O) groups is 1. The molecular weight excluding hydrogens is 328 g/mol. The van der Waals surface area contributed by atoms with E-state index in [-0.39, 0.29) is 0 Å². The molecule has 0 radical (unpaired) electrons. The molecule has 1 saturated heterocycles. The highest BCUT2D eigenvalue weighted by Crippen LogP contribution is 2.37. The maximum Gasteiger partial charge on any atom is 0.214 e. The van der Waals surface area contributed by atoms with E-state index in [1.54, 1.807) is 11.1 Å². The van der Waals surface area contributed by atoms with Crippen molar-refractivity contribution in [3.8, 4) is 0 Å². The van der Waals surface area contributed by atoms with E-state index >= 15 is 0 Å². The van der Waals surface area contributed by atoms with Crippen LogP contribution in [-0.2, 0) is 16.1 Å². The highest BCUT2D eigenvalue weighted by atomic mass is 16.5. The van der Waals surface area contributed by atoms with Crippen LogP contribution >= 0.6 is 0 Å². The third kappa shape index (κ3) is 3.01. The average molecular weight is 352 g/mol. The minimum absolute atomic E-state index is 0.337. The lowest BCUT2D eigenvalue weighted by Crippen LogP contribution is -2.48. The van der Waals surface area contributed by atoms with E-state index in [9.17, 15) is 4.79 Å². The molecule has 6 nitrogen and oxygen atoms in total. The highest BCUT2D eigenvalue weighted by Gasteiger charge is 2.27. The second-order valence-electron chi connectivity index (χ2n) is 7.15. The number of morpholine rings is 1. The van der Waals surface area contributed by atoms with Crippen molar-refractivity contribution in [2.24, 2.45) is 5.92 Å². The largest absolute Gasteiger partial charge is 0.377 e. The molecule has 0 saturated carbocycles. The lowest BCUT2D eigenvalue weighted by atomic mass is 10.0. The normalized spacial score (nSPS) is 19.4. The number of nitrogens with zero attached hydrogens (tertiary/aromatic N) is 3. The van der Waals surface area contributed by atoms with Crippen LogP contribution < -0.4 is 15.1 Å². The zero-order valence-corrected chi connectivity index (χ0v) is 15.2. The number of hydrogen-bond acceptors (Lipinski definition) is 5. The Labute approximate surface area is 153 Å². The van der Waals surface area contributed by atoms with Gasteiger partial charge in [0, 0.05) is 24.0 Å². The standard InChI is InChI=1S/C20H24N4O2/c1-14(2)19-12-26-9-8-24(19)16-5-6-17-18(10-16)23(13-25)11-15-4-3-7-21-20(15)22-17/h3-7,10,13-14,19H,8-9,11-12H2,1-2H3,(H,21,22). The van der Waals surface area contributed by atoms with Gasteiger partial charge in [-0.1, -0.05) is 19.9 Å². The van der Waals surface area contributed by atoms with Crippen molar-refractivity contribution in [3.63, 3.8) is 0 Å². The van der Waals surface area contributed by atoms with Gasteiger partial charge in [0.2, 0.25) is 6.41 Å². The molecule has 1 aromatic heterocycles. The molecule has 0 aliphatic carbocycles. The lowest BCUT2D eigenvalue weighted by molar-refractivity contribution is -0.107. The number of carbonyl (C=O) groups excluding carboxylic acids is 1. The maximum absolute atomic E-state index is 11.8.